The minimum absolute atomic E-state index is 0.192. The highest BCUT2D eigenvalue weighted by molar-refractivity contribution is 7.18. The lowest BCUT2D eigenvalue weighted by Gasteiger charge is -2.25. The summed E-state index contributed by atoms with van der Waals surface area (Å²) in [5.74, 6) is -1.06. The smallest absolute Gasteiger partial charge is 0.348 e. The number of anilines is 2. The summed E-state index contributed by atoms with van der Waals surface area (Å²) in [6.07, 6.45) is 3.36. The number of carbonyl (C=O) groups is 3. The Bertz CT molecular complexity index is 905. The zero-order chi connectivity index (χ0) is 21.5. The van der Waals surface area contributed by atoms with Crippen LogP contribution >= 0.6 is 11.3 Å². The maximum atomic E-state index is 13.0. The lowest BCUT2D eigenvalue weighted by molar-refractivity contribution is -0.117. The molecule has 0 spiro atoms. The normalized spacial score (nSPS) is 14.2. The Kier molecular flexibility index (Phi) is 7.59. The first-order valence-electron chi connectivity index (χ1n) is 10.2. The predicted molar refractivity (Wildman–Crippen MR) is 118 cm³/mol. The van der Waals surface area contributed by atoms with E-state index in [2.05, 4.69) is 15.5 Å². The summed E-state index contributed by atoms with van der Waals surface area (Å²) in [4.78, 5) is 40.4. The number of thiophene rings is 1. The van der Waals surface area contributed by atoms with Crippen molar-refractivity contribution >= 4 is 39.8 Å². The lowest BCUT2D eigenvalue weighted by Crippen LogP contribution is -2.36. The Balaban J connectivity index is 1.83. The van der Waals surface area contributed by atoms with Crippen molar-refractivity contribution in [2.45, 2.75) is 33.1 Å². The third-order valence-electron chi connectivity index (χ3n) is 4.94. The molecule has 1 aliphatic heterocycles. The van der Waals surface area contributed by atoms with E-state index in [4.69, 9.17) is 4.74 Å². The second kappa shape index (κ2) is 10.4. The number of hydrogen-bond acceptors (Lipinski definition) is 6. The van der Waals surface area contributed by atoms with Crippen LogP contribution in [0, 0.1) is 6.92 Å². The molecular weight excluding hydrogens is 402 g/mol. The molecule has 3 rings (SSSR count). The van der Waals surface area contributed by atoms with E-state index in [1.54, 1.807) is 26.0 Å². The SMILES string of the molecule is CCOC(=O)c1sc(NC(=O)CN2CCCCC2)c(C(=O)Nc2ccccc2)c1C. The van der Waals surface area contributed by atoms with Gasteiger partial charge in [-0.2, -0.15) is 0 Å². The Labute approximate surface area is 180 Å². The Morgan fingerprint density at radius 2 is 1.77 bits per heavy atom. The van der Waals surface area contributed by atoms with Crippen LogP contribution in [0.2, 0.25) is 0 Å². The molecule has 7 nitrogen and oxygen atoms in total. The van der Waals surface area contributed by atoms with Gasteiger partial charge in [0.15, 0.2) is 0 Å². The fraction of sp³-hybridized carbons (Fsp3) is 0.409. The summed E-state index contributed by atoms with van der Waals surface area (Å²) in [7, 11) is 0. The van der Waals surface area contributed by atoms with Crippen LogP contribution in [0.3, 0.4) is 0 Å². The number of carbonyl (C=O) groups excluding carboxylic acids is 3. The summed E-state index contributed by atoms with van der Waals surface area (Å²) >= 11 is 1.08. The second-order valence-electron chi connectivity index (χ2n) is 7.19. The molecular formula is C22H27N3O4S. The van der Waals surface area contributed by atoms with E-state index in [1.807, 2.05) is 18.2 Å². The number of para-hydroxylation sites is 1. The summed E-state index contributed by atoms with van der Waals surface area (Å²) < 4.78 is 5.12. The highest BCUT2D eigenvalue weighted by Crippen LogP contribution is 2.34. The first kappa shape index (κ1) is 22.0. The largest absolute Gasteiger partial charge is 0.462 e. The van der Waals surface area contributed by atoms with Gasteiger partial charge in [0.2, 0.25) is 5.91 Å². The third-order valence-corrected chi connectivity index (χ3v) is 6.12. The first-order chi connectivity index (χ1) is 14.5. The van der Waals surface area contributed by atoms with Crippen LogP contribution < -0.4 is 10.6 Å². The fourth-order valence-corrected chi connectivity index (χ4v) is 4.58. The van der Waals surface area contributed by atoms with E-state index >= 15 is 0 Å². The predicted octanol–water partition coefficient (Wildman–Crippen LogP) is 3.91. The minimum Gasteiger partial charge on any atom is -0.462 e. The highest BCUT2D eigenvalue weighted by atomic mass is 32.1. The molecule has 2 aromatic rings. The highest BCUT2D eigenvalue weighted by Gasteiger charge is 2.27. The van der Waals surface area contributed by atoms with E-state index in [9.17, 15) is 14.4 Å². The molecule has 1 aromatic carbocycles. The topological polar surface area (TPSA) is 87.7 Å². The van der Waals surface area contributed by atoms with Gasteiger partial charge in [0.25, 0.3) is 5.91 Å². The molecule has 1 aromatic heterocycles. The van der Waals surface area contributed by atoms with Crippen LogP contribution in [0.1, 0.15) is 51.8 Å². The van der Waals surface area contributed by atoms with Gasteiger partial charge in [0, 0.05) is 5.69 Å². The third kappa shape index (κ3) is 5.46. The molecule has 0 aliphatic carbocycles. The van der Waals surface area contributed by atoms with E-state index in [1.165, 1.54) is 6.42 Å². The Morgan fingerprint density at radius 1 is 1.07 bits per heavy atom. The molecule has 2 amide bonds. The maximum Gasteiger partial charge on any atom is 0.348 e. The summed E-state index contributed by atoms with van der Waals surface area (Å²) in [6.45, 7) is 5.72. The van der Waals surface area contributed by atoms with Crippen molar-refractivity contribution in [2.75, 3.05) is 36.9 Å². The number of nitrogens with zero attached hydrogens (tertiary/aromatic N) is 1. The number of rotatable bonds is 7. The number of esters is 1. The van der Waals surface area contributed by atoms with Crippen LogP contribution in [0.25, 0.3) is 0 Å². The number of hydrogen-bond donors (Lipinski definition) is 2. The monoisotopic (exact) mass is 429 g/mol. The molecule has 2 heterocycles. The van der Waals surface area contributed by atoms with Crippen LogP contribution in [-0.2, 0) is 9.53 Å². The fourth-order valence-electron chi connectivity index (χ4n) is 3.47. The average molecular weight is 430 g/mol. The minimum atomic E-state index is -0.495. The summed E-state index contributed by atoms with van der Waals surface area (Å²) in [6, 6.07) is 9.06. The van der Waals surface area contributed by atoms with Gasteiger partial charge in [-0.15, -0.1) is 11.3 Å². The Hall–Kier alpha value is -2.71. The molecule has 0 radical (unpaired) electrons. The summed E-state index contributed by atoms with van der Waals surface area (Å²) in [5.41, 5.74) is 1.43. The maximum absolute atomic E-state index is 13.0. The van der Waals surface area contributed by atoms with Crippen LogP contribution in [0.5, 0.6) is 0 Å². The van der Waals surface area contributed by atoms with E-state index in [0.29, 0.717) is 26.7 Å². The lowest BCUT2D eigenvalue weighted by atomic mass is 10.1. The van der Waals surface area contributed by atoms with Gasteiger partial charge in [0.1, 0.15) is 9.88 Å². The average Bonchev–Trinajstić information content (AvgIpc) is 3.05. The van der Waals surface area contributed by atoms with E-state index < -0.39 is 5.97 Å². The van der Waals surface area contributed by atoms with Gasteiger partial charge < -0.3 is 15.4 Å². The number of nitrogens with one attached hydrogen (secondary N) is 2. The second-order valence-corrected chi connectivity index (χ2v) is 8.21. The Morgan fingerprint density at radius 3 is 2.43 bits per heavy atom. The molecule has 0 bridgehead atoms. The zero-order valence-electron chi connectivity index (χ0n) is 17.3. The van der Waals surface area contributed by atoms with Gasteiger partial charge in [-0.1, -0.05) is 24.6 Å². The van der Waals surface area contributed by atoms with Crippen molar-refractivity contribution in [3.8, 4) is 0 Å². The number of likely N-dealkylation sites (tertiary alicyclic amines) is 1. The zero-order valence-corrected chi connectivity index (χ0v) is 18.1. The van der Waals surface area contributed by atoms with Crippen LogP contribution in [0.4, 0.5) is 10.7 Å². The number of benzene rings is 1. The molecule has 8 heteroatoms. The number of ether oxygens (including phenoxy) is 1. The molecule has 0 saturated carbocycles. The van der Waals surface area contributed by atoms with Crippen molar-refractivity contribution < 1.29 is 19.1 Å². The van der Waals surface area contributed by atoms with E-state index in [0.717, 1.165) is 37.3 Å². The first-order valence-corrected chi connectivity index (χ1v) is 11.0. The van der Waals surface area contributed by atoms with Crippen molar-refractivity contribution in [3.63, 3.8) is 0 Å². The molecule has 160 valence electrons. The van der Waals surface area contributed by atoms with Gasteiger partial charge in [-0.05, 0) is 57.5 Å². The van der Waals surface area contributed by atoms with Crippen LogP contribution in [-0.4, -0.2) is 48.9 Å². The van der Waals surface area contributed by atoms with Gasteiger partial charge in [-0.25, -0.2) is 4.79 Å². The number of amides is 2. The molecule has 0 atom stereocenters. The summed E-state index contributed by atoms with van der Waals surface area (Å²) in [5, 5.41) is 6.05. The van der Waals surface area contributed by atoms with Gasteiger partial charge >= 0.3 is 5.97 Å². The number of piperidine rings is 1. The van der Waals surface area contributed by atoms with Crippen molar-refractivity contribution in [2.24, 2.45) is 0 Å². The van der Waals surface area contributed by atoms with Gasteiger partial charge in [-0.3, -0.25) is 14.5 Å². The molecule has 1 fully saturated rings. The van der Waals surface area contributed by atoms with Crippen molar-refractivity contribution in [3.05, 3.63) is 46.3 Å². The standard InChI is InChI=1S/C22H27N3O4S/c1-3-29-22(28)19-15(2)18(20(27)23-16-10-6-4-7-11-16)21(30-19)24-17(26)14-25-12-8-5-9-13-25/h4,6-7,10-11H,3,5,8-9,12-14H2,1-2H3,(H,23,27)(H,24,26). The molecule has 1 aliphatic rings. The molecule has 2 N–H and O–H groups in total. The van der Waals surface area contributed by atoms with Gasteiger partial charge in [0.05, 0.1) is 18.7 Å². The van der Waals surface area contributed by atoms with Crippen molar-refractivity contribution in [1.82, 2.24) is 4.90 Å². The van der Waals surface area contributed by atoms with Crippen LogP contribution in [0.15, 0.2) is 30.3 Å². The quantitative estimate of drug-likeness (QED) is 0.652. The van der Waals surface area contributed by atoms with E-state index in [-0.39, 0.29) is 25.0 Å². The van der Waals surface area contributed by atoms with Crippen molar-refractivity contribution in [1.29, 1.82) is 0 Å². The molecule has 30 heavy (non-hydrogen) atoms. The molecule has 1 saturated heterocycles. The molecule has 0 unspecified atom stereocenters.